The van der Waals surface area contributed by atoms with Gasteiger partial charge >= 0.3 is 6.03 Å². The number of imide groups is 1. The molecule has 2 aromatic carbocycles. The Labute approximate surface area is 190 Å². The Morgan fingerprint density at radius 2 is 1.82 bits per heavy atom. The third-order valence-corrected chi connectivity index (χ3v) is 5.64. The number of fused-ring (bicyclic) bond motifs is 1. The maximum absolute atomic E-state index is 12.8. The number of likely N-dealkylation sites (N-methyl/N-ethyl adjacent to an activating group) is 1. The summed E-state index contributed by atoms with van der Waals surface area (Å²) in [7, 11) is 1.46. The van der Waals surface area contributed by atoms with Gasteiger partial charge in [0.25, 0.3) is 5.91 Å². The molecule has 0 aliphatic carbocycles. The third kappa shape index (κ3) is 4.87. The maximum Gasteiger partial charge on any atom is 0.325 e. The summed E-state index contributed by atoms with van der Waals surface area (Å²) in [5.41, 5.74) is 3.54. The molecule has 9 nitrogen and oxygen atoms in total. The van der Waals surface area contributed by atoms with Crippen molar-refractivity contribution in [1.29, 1.82) is 0 Å². The van der Waals surface area contributed by atoms with Crippen molar-refractivity contribution < 1.29 is 19.2 Å². The van der Waals surface area contributed by atoms with E-state index in [0.717, 1.165) is 26.9 Å². The molecule has 0 saturated carbocycles. The van der Waals surface area contributed by atoms with Gasteiger partial charge in [-0.25, -0.2) is 4.79 Å². The van der Waals surface area contributed by atoms with Crippen LogP contribution in [0.3, 0.4) is 0 Å². The van der Waals surface area contributed by atoms with Crippen LogP contribution in [0.1, 0.15) is 11.1 Å². The van der Waals surface area contributed by atoms with Gasteiger partial charge in [0.1, 0.15) is 12.6 Å². The largest absolute Gasteiger partial charge is 0.361 e. The summed E-state index contributed by atoms with van der Waals surface area (Å²) in [4.78, 5) is 55.3. The summed E-state index contributed by atoms with van der Waals surface area (Å²) in [6, 6.07) is 13.6. The van der Waals surface area contributed by atoms with E-state index >= 15 is 0 Å². The number of rotatable bonds is 7. The number of hydrogen-bond donors (Lipinski definition) is 3. The maximum atomic E-state index is 12.8. The van der Waals surface area contributed by atoms with Crippen LogP contribution in [0, 0.1) is 6.92 Å². The van der Waals surface area contributed by atoms with E-state index in [1.165, 1.54) is 11.9 Å². The summed E-state index contributed by atoms with van der Waals surface area (Å²) in [5, 5.41) is 6.35. The van der Waals surface area contributed by atoms with E-state index in [1.54, 1.807) is 12.1 Å². The molecule has 33 heavy (non-hydrogen) atoms. The molecule has 4 rings (SSSR count). The fourth-order valence-corrected chi connectivity index (χ4v) is 3.78. The zero-order chi connectivity index (χ0) is 23.5. The predicted octanol–water partition coefficient (Wildman–Crippen LogP) is 2.04. The van der Waals surface area contributed by atoms with Gasteiger partial charge in [0.15, 0.2) is 0 Å². The highest BCUT2D eigenvalue weighted by Gasteiger charge is 2.39. The summed E-state index contributed by atoms with van der Waals surface area (Å²) in [6.07, 6.45) is 2.13. The number of carbonyl (C=O) groups excluding carboxylic acids is 4. The fraction of sp³-hybridized carbons (Fsp3) is 0.250. The summed E-state index contributed by atoms with van der Waals surface area (Å²) >= 11 is 0. The zero-order valence-electron chi connectivity index (χ0n) is 18.4. The number of H-pyrrole nitrogens is 1. The third-order valence-electron chi connectivity index (χ3n) is 5.64. The number of aryl methyl sites for hydroxylation is 1. The molecule has 3 aromatic rings. The Balaban J connectivity index is 1.33. The lowest BCUT2D eigenvalue weighted by molar-refractivity contribution is -0.137. The van der Waals surface area contributed by atoms with Gasteiger partial charge < -0.3 is 20.5 Å². The normalized spacial score (nSPS) is 15.6. The molecule has 1 fully saturated rings. The molecule has 5 amide bonds. The lowest BCUT2D eigenvalue weighted by Crippen LogP contribution is -2.44. The number of hydrogen-bond acceptors (Lipinski definition) is 4. The Bertz CT molecular complexity index is 1220. The van der Waals surface area contributed by atoms with Crippen LogP contribution in [0.4, 0.5) is 10.5 Å². The fourth-order valence-electron chi connectivity index (χ4n) is 3.78. The Morgan fingerprint density at radius 1 is 1.09 bits per heavy atom. The minimum Gasteiger partial charge on any atom is -0.361 e. The van der Waals surface area contributed by atoms with Gasteiger partial charge in [-0.3, -0.25) is 19.3 Å². The van der Waals surface area contributed by atoms with E-state index in [2.05, 4.69) is 15.6 Å². The Kier molecular flexibility index (Phi) is 6.12. The second-order valence-corrected chi connectivity index (χ2v) is 8.15. The molecule has 0 radical (unpaired) electrons. The summed E-state index contributed by atoms with van der Waals surface area (Å²) < 4.78 is 0. The van der Waals surface area contributed by atoms with Crippen molar-refractivity contribution in [2.24, 2.45) is 0 Å². The number of aromatic nitrogens is 1. The molecule has 1 aliphatic heterocycles. The van der Waals surface area contributed by atoms with Gasteiger partial charge in [-0.05, 0) is 30.7 Å². The van der Waals surface area contributed by atoms with Gasteiger partial charge in [0, 0.05) is 36.3 Å². The number of amides is 5. The number of nitrogens with one attached hydrogen (secondary N) is 3. The highest BCUT2D eigenvalue weighted by Crippen LogP contribution is 2.21. The van der Waals surface area contributed by atoms with E-state index < -0.39 is 30.4 Å². The van der Waals surface area contributed by atoms with E-state index in [0.29, 0.717) is 12.1 Å². The number of urea groups is 1. The quantitative estimate of drug-likeness (QED) is 0.481. The van der Waals surface area contributed by atoms with Gasteiger partial charge in [-0.1, -0.05) is 35.9 Å². The van der Waals surface area contributed by atoms with Crippen LogP contribution in [0.2, 0.25) is 0 Å². The highest BCUT2D eigenvalue weighted by atomic mass is 16.2. The molecule has 9 heteroatoms. The number of para-hydroxylation sites is 1. The SMILES string of the molecule is Cc1ccc(NC(=O)CN(C)C(=O)CN2C(=O)N[C@H](Cc3c[nH]c4ccccc34)C2=O)cc1. The van der Waals surface area contributed by atoms with E-state index in [9.17, 15) is 19.2 Å². The van der Waals surface area contributed by atoms with Crippen LogP contribution < -0.4 is 10.6 Å². The zero-order valence-corrected chi connectivity index (χ0v) is 18.4. The van der Waals surface area contributed by atoms with Crippen LogP contribution in [-0.4, -0.2) is 64.7 Å². The van der Waals surface area contributed by atoms with Crippen molar-refractivity contribution >= 4 is 40.3 Å². The molecule has 0 bridgehead atoms. The van der Waals surface area contributed by atoms with Crippen LogP contribution in [-0.2, 0) is 20.8 Å². The average molecular weight is 447 g/mol. The highest BCUT2D eigenvalue weighted by molar-refractivity contribution is 6.07. The van der Waals surface area contributed by atoms with Gasteiger partial charge in [0.2, 0.25) is 11.8 Å². The minimum absolute atomic E-state index is 0.199. The van der Waals surface area contributed by atoms with Crippen LogP contribution >= 0.6 is 0 Å². The van der Waals surface area contributed by atoms with Crippen molar-refractivity contribution in [2.45, 2.75) is 19.4 Å². The molecule has 1 aliphatic rings. The summed E-state index contributed by atoms with van der Waals surface area (Å²) in [6.45, 7) is 1.32. The standard InChI is InChI=1S/C24H25N5O4/c1-15-7-9-17(10-8-15)26-21(30)13-28(2)22(31)14-29-23(32)20(27-24(29)33)11-16-12-25-19-6-4-3-5-18(16)19/h3-10,12,20,25H,11,13-14H2,1-2H3,(H,26,30)(H,27,33)/t20-/m1/s1. The van der Waals surface area contributed by atoms with Crippen molar-refractivity contribution in [2.75, 3.05) is 25.5 Å². The Hall–Kier alpha value is -4.14. The number of anilines is 1. The molecule has 170 valence electrons. The van der Waals surface area contributed by atoms with Gasteiger partial charge in [-0.2, -0.15) is 0 Å². The molecule has 2 heterocycles. The smallest absolute Gasteiger partial charge is 0.325 e. The minimum atomic E-state index is -0.750. The van der Waals surface area contributed by atoms with Gasteiger partial charge in [-0.15, -0.1) is 0 Å². The first-order chi connectivity index (χ1) is 15.8. The molecule has 1 aromatic heterocycles. The second kappa shape index (κ2) is 9.15. The molecule has 1 atom stereocenters. The van der Waals surface area contributed by atoms with E-state index in [1.807, 2.05) is 49.5 Å². The Morgan fingerprint density at radius 3 is 2.58 bits per heavy atom. The lowest BCUT2D eigenvalue weighted by atomic mass is 10.1. The first kappa shape index (κ1) is 22.1. The van der Waals surface area contributed by atoms with Crippen LogP contribution in [0.25, 0.3) is 10.9 Å². The first-order valence-corrected chi connectivity index (χ1v) is 10.6. The van der Waals surface area contributed by atoms with Crippen molar-refractivity contribution in [3.8, 4) is 0 Å². The molecule has 3 N–H and O–H groups in total. The molecular weight excluding hydrogens is 422 g/mol. The van der Waals surface area contributed by atoms with Crippen LogP contribution in [0.5, 0.6) is 0 Å². The first-order valence-electron chi connectivity index (χ1n) is 10.6. The molecular formula is C24H25N5O4. The predicted molar refractivity (Wildman–Crippen MR) is 123 cm³/mol. The van der Waals surface area contributed by atoms with Crippen molar-refractivity contribution in [1.82, 2.24) is 20.1 Å². The lowest BCUT2D eigenvalue weighted by Gasteiger charge is -2.20. The van der Waals surface area contributed by atoms with Crippen LogP contribution in [0.15, 0.2) is 54.7 Å². The number of nitrogens with zero attached hydrogens (tertiary/aromatic N) is 2. The molecule has 0 spiro atoms. The van der Waals surface area contributed by atoms with Crippen molar-refractivity contribution in [3.63, 3.8) is 0 Å². The number of carbonyl (C=O) groups is 4. The van der Waals surface area contributed by atoms with Crippen molar-refractivity contribution in [3.05, 3.63) is 65.9 Å². The van der Waals surface area contributed by atoms with E-state index in [-0.39, 0.29) is 12.5 Å². The topological polar surface area (TPSA) is 115 Å². The molecule has 0 unspecified atom stereocenters. The monoisotopic (exact) mass is 447 g/mol. The summed E-state index contributed by atoms with van der Waals surface area (Å²) in [5.74, 6) is -1.34. The van der Waals surface area contributed by atoms with E-state index in [4.69, 9.17) is 0 Å². The average Bonchev–Trinajstić information content (AvgIpc) is 3.31. The number of benzene rings is 2. The molecule has 1 saturated heterocycles. The number of aromatic amines is 1. The second-order valence-electron chi connectivity index (χ2n) is 8.15. The van der Waals surface area contributed by atoms with Gasteiger partial charge in [0.05, 0.1) is 6.54 Å².